The summed E-state index contributed by atoms with van der Waals surface area (Å²) in [6, 6.07) is 6.42. The molecule has 21 nitrogen and oxygen atoms in total. The van der Waals surface area contributed by atoms with E-state index in [2.05, 4.69) is 30.9 Å². The summed E-state index contributed by atoms with van der Waals surface area (Å²) in [6.07, 6.45) is -1.59. The van der Waals surface area contributed by atoms with E-state index in [-0.39, 0.29) is 59.5 Å². The van der Waals surface area contributed by atoms with Gasteiger partial charge in [0.25, 0.3) is 23.6 Å². The van der Waals surface area contributed by atoms with Gasteiger partial charge in [0.1, 0.15) is 30.4 Å². The molecule has 336 valence electrons. The van der Waals surface area contributed by atoms with Gasteiger partial charge in [-0.3, -0.25) is 53.5 Å². The lowest BCUT2D eigenvalue weighted by Gasteiger charge is -2.39. The van der Waals surface area contributed by atoms with Crippen LogP contribution in [0.25, 0.3) is 0 Å². The molecule has 4 aliphatic heterocycles. The Hall–Kier alpha value is -6.63. The number of rotatable bonds is 21. The number of hydrogen-bond donors (Lipinski definition) is 5. The first-order chi connectivity index (χ1) is 30.2. The van der Waals surface area contributed by atoms with Crippen LogP contribution in [0.15, 0.2) is 54.7 Å². The number of alkyl halides is 3. The Morgan fingerprint density at radius 1 is 0.921 bits per heavy atom. The third kappa shape index (κ3) is 10.2. The van der Waals surface area contributed by atoms with Crippen LogP contribution in [-0.4, -0.2) is 145 Å². The Labute approximate surface area is 356 Å². The zero-order chi connectivity index (χ0) is 44.8. The fraction of sp³-hybridized carbons (Fsp3) is 0.436. The highest BCUT2D eigenvalue weighted by atomic mass is 19.4. The fourth-order valence-corrected chi connectivity index (χ4v) is 7.39. The van der Waals surface area contributed by atoms with Crippen molar-refractivity contribution in [2.45, 2.75) is 37.3 Å². The van der Waals surface area contributed by atoms with Crippen molar-refractivity contribution in [2.75, 3.05) is 87.9 Å². The van der Waals surface area contributed by atoms with Crippen LogP contribution in [0, 0.1) is 0 Å². The number of pyridine rings is 1. The second kappa shape index (κ2) is 19.2. The number of amides is 6. The minimum absolute atomic E-state index is 0.0342. The van der Waals surface area contributed by atoms with E-state index in [0.29, 0.717) is 70.5 Å². The first-order valence-corrected chi connectivity index (χ1v) is 19.8. The molecule has 0 saturated carbocycles. The molecule has 2 aromatic heterocycles. The number of nitrogens with one attached hydrogen (secondary N) is 3. The van der Waals surface area contributed by atoms with Gasteiger partial charge in [-0.1, -0.05) is 6.07 Å². The molecule has 0 radical (unpaired) electrons. The van der Waals surface area contributed by atoms with Crippen LogP contribution in [0.2, 0.25) is 0 Å². The fourth-order valence-electron chi connectivity index (χ4n) is 7.39. The van der Waals surface area contributed by atoms with Gasteiger partial charge in [-0.25, -0.2) is 4.98 Å². The third-order valence-electron chi connectivity index (χ3n) is 10.4. The quantitative estimate of drug-likeness (QED) is 0.0726. The van der Waals surface area contributed by atoms with E-state index in [9.17, 15) is 41.9 Å². The van der Waals surface area contributed by atoms with Gasteiger partial charge in [0.05, 0.1) is 68.7 Å². The summed E-state index contributed by atoms with van der Waals surface area (Å²) >= 11 is 0. The zero-order valence-electron chi connectivity index (χ0n) is 33.6. The minimum atomic E-state index is -4.49. The molecule has 3 aromatic rings. The van der Waals surface area contributed by atoms with Crippen molar-refractivity contribution in [1.29, 1.82) is 0 Å². The Balaban J connectivity index is 0.793. The molecule has 0 spiro atoms. The molecule has 24 heteroatoms. The van der Waals surface area contributed by atoms with Crippen molar-refractivity contribution >= 4 is 52.6 Å². The molecule has 1 aromatic carbocycles. The number of primary amides is 2. The molecule has 0 aliphatic carbocycles. The Kier molecular flexibility index (Phi) is 13.5. The van der Waals surface area contributed by atoms with E-state index < -0.39 is 60.4 Å². The van der Waals surface area contributed by atoms with Gasteiger partial charge in [-0.15, -0.1) is 0 Å². The van der Waals surface area contributed by atoms with E-state index in [4.69, 9.17) is 30.4 Å². The number of imide groups is 2. The maximum atomic E-state index is 13.2. The number of anilines is 3. The van der Waals surface area contributed by atoms with E-state index in [1.807, 2.05) is 0 Å². The number of halogens is 3. The van der Waals surface area contributed by atoms with Gasteiger partial charge in [-0.2, -0.15) is 18.3 Å². The normalized spacial score (nSPS) is 19.1. The third-order valence-corrected chi connectivity index (χ3v) is 10.4. The van der Waals surface area contributed by atoms with Gasteiger partial charge < -0.3 is 41.0 Å². The number of benzene rings is 1. The molecule has 2 unspecified atom stereocenters. The lowest BCUT2D eigenvalue weighted by atomic mass is 10.0. The van der Waals surface area contributed by atoms with Gasteiger partial charge in [0, 0.05) is 50.0 Å². The molecule has 0 bridgehead atoms. The maximum absolute atomic E-state index is 13.2. The van der Waals surface area contributed by atoms with Crippen LogP contribution in [0.5, 0.6) is 0 Å². The van der Waals surface area contributed by atoms with Crippen molar-refractivity contribution in [1.82, 2.24) is 29.9 Å². The first kappa shape index (κ1) is 44.4. The Morgan fingerprint density at radius 3 is 2.35 bits per heavy atom. The minimum Gasteiger partial charge on any atom is -0.471 e. The highest BCUT2D eigenvalue weighted by Crippen LogP contribution is 2.40. The molecule has 2 fully saturated rings. The summed E-state index contributed by atoms with van der Waals surface area (Å²) in [5.41, 5.74) is 12.2. The predicted molar refractivity (Wildman–Crippen MR) is 213 cm³/mol. The number of fused-ring (bicyclic) bond motifs is 1. The van der Waals surface area contributed by atoms with E-state index in [0.717, 1.165) is 11.2 Å². The summed E-state index contributed by atoms with van der Waals surface area (Å²) in [7, 11) is 0. The number of carbonyl (C=O) groups is 6. The van der Waals surface area contributed by atoms with Gasteiger partial charge in [0.15, 0.2) is 5.69 Å². The summed E-state index contributed by atoms with van der Waals surface area (Å²) in [4.78, 5) is 83.4. The van der Waals surface area contributed by atoms with Crippen molar-refractivity contribution in [3.8, 4) is 0 Å². The van der Waals surface area contributed by atoms with Crippen molar-refractivity contribution in [3.63, 3.8) is 0 Å². The topological polar surface area (TPSA) is 268 Å². The van der Waals surface area contributed by atoms with Crippen LogP contribution in [0.4, 0.5) is 30.4 Å². The molecular formula is C39H44F3N11O10. The summed E-state index contributed by atoms with van der Waals surface area (Å²) in [6.45, 7) is 2.72. The second-order valence-electron chi connectivity index (χ2n) is 14.7. The lowest BCUT2D eigenvalue weighted by Crippen LogP contribution is -2.54. The Bertz CT molecular complexity index is 2280. The molecule has 2 saturated heterocycles. The summed E-state index contributed by atoms with van der Waals surface area (Å²) < 4.78 is 62.7. The molecular weight excluding hydrogens is 839 g/mol. The van der Waals surface area contributed by atoms with Gasteiger partial charge in [-0.05, 0) is 30.7 Å². The average Bonchev–Trinajstić information content (AvgIpc) is 3.93. The van der Waals surface area contributed by atoms with E-state index in [1.54, 1.807) is 23.0 Å². The largest absolute Gasteiger partial charge is 0.471 e. The van der Waals surface area contributed by atoms with E-state index >= 15 is 0 Å². The number of carbonyl (C=O) groups excluding carboxylic acids is 6. The second-order valence-corrected chi connectivity index (χ2v) is 14.7. The Morgan fingerprint density at radius 2 is 1.65 bits per heavy atom. The SMILES string of the molecule is NC(=O)C1=COC(c2ccnc(NCC(F)(F)F)c2)N1c1cn(C2CN(CCOCCOCCOCCNc3cccc4c3C(=O)N(C3CCC(=O)NC3=O)C4=O)C2)nc1C(N)=O. The van der Waals surface area contributed by atoms with Crippen molar-refractivity contribution in [3.05, 3.63) is 77.1 Å². The van der Waals surface area contributed by atoms with Crippen LogP contribution in [-0.2, 0) is 33.3 Å². The van der Waals surface area contributed by atoms with Crippen LogP contribution >= 0.6 is 0 Å². The standard InChI is InChI=1S/C39H44F3N11O10/c40-39(41,42)21-47-29-16-22(6-7-46-29)38-52(28(20-63-38)33(43)55)27-19-51(49-32(27)34(44)56)23-17-50(18-23)9-11-61-13-15-62-14-12-60-10-8-45-25-3-1-2-24-31(25)37(59)53(36(24)58)26-4-5-30(54)48-35(26)57/h1-3,6-7,16,19-20,23,26,38,45H,4-5,8-15,17-18,21H2,(H2,43,55)(H2,44,56)(H,46,47)(H,48,54,57). The van der Waals surface area contributed by atoms with Crippen LogP contribution in [0.3, 0.4) is 0 Å². The lowest BCUT2D eigenvalue weighted by molar-refractivity contribution is -0.136. The zero-order valence-corrected chi connectivity index (χ0v) is 33.6. The molecule has 4 aliphatic rings. The predicted octanol–water partition coefficient (Wildman–Crippen LogP) is 0.633. The van der Waals surface area contributed by atoms with Gasteiger partial charge >= 0.3 is 6.18 Å². The molecule has 7 N–H and O–H groups in total. The average molecular weight is 884 g/mol. The first-order valence-electron chi connectivity index (χ1n) is 19.8. The molecule has 6 amide bonds. The van der Waals surface area contributed by atoms with Gasteiger partial charge in [0.2, 0.25) is 18.0 Å². The maximum Gasteiger partial charge on any atom is 0.405 e. The molecule has 63 heavy (non-hydrogen) atoms. The molecule has 6 heterocycles. The van der Waals surface area contributed by atoms with Crippen LogP contribution < -0.4 is 32.3 Å². The smallest absolute Gasteiger partial charge is 0.405 e. The van der Waals surface area contributed by atoms with Crippen molar-refractivity contribution in [2.24, 2.45) is 11.5 Å². The van der Waals surface area contributed by atoms with E-state index in [1.165, 1.54) is 29.3 Å². The number of nitrogens with zero attached hydrogens (tertiary/aromatic N) is 6. The monoisotopic (exact) mass is 883 g/mol. The molecule has 7 rings (SSSR count). The summed E-state index contributed by atoms with van der Waals surface area (Å²) in [5, 5.41) is 11.9. The number of nitrogens with two attached hydrogens (primary N) is 2. The van der Waals surface area contributed by atoms with Crippen LogP contribution in [0.1, 0.15) is 61.9 Å². The number of aromatic nitrogens is 3. The molecule has 2 atom stereocenters. The number of ether oxygens (including phenoxy) is 4. The number of hydrogen-bond acceptors (Lipinski definition) is 16. The highest BCUT2D eigenvalue weighted by molar-refractivity contribution is 6.25. The number of piperidine rings is 1. The van der Waals surface area contributed by atoms with Crippen molar-refractivity contribution < 1.29 is 60.9 Å². The summed E-state index contributed by atoms with van der Waals surface area (Å²) in [5.74, 6) is -4.17. The number of likely N-dealkylation sites (tertiary alicyclic amines) is 1. The highest BCUT2D eigenvalue weighted by Gasteiger charge is 2.46.